The first-order chi connectivity index (χ1) is 17.2. The van der Waals surface area contributed by atoms with Gasteiger partial charge in [-0.25, -0.2) is 9.78 Å². The summed E-state index contributed by atoms with van der Waals surface area (Å²) in [5.41, 5.74) is 0.304. The van der Waals surface area contributed by atoms with E-state index in [1.54, 1.807) is 12.1 Å². The number of benzene rings is 1. The van der Waals surface area contributed by atoms with E-state index in [2.05, 4.69) is 23.6 Å². The van der Waals surface area contributed by atoms with Crippen LogP contribution in [0.1, 0.15) is 58.8 Å². The van der Waals surface area contributed by atoms with Gasteiger partial charge < -0.3 is 18.6 Å². The van der Waals surface area contributed by atoms with Crippen LogP contribution in [0.3, 0.4) is 0 Å². The number of halogens is 3. The van der Waals surface area contributed by atoms with E-state index in [0.717, 1.165) is 57.3 Å². The summed E-state index contributed by atoms with van der Waals surface area (Å²) in [6, 6.07) is 8.33. The summed E-state index contributed by atoms with van der Waals surface area (Å²) >= 11 is 0. The smallest absolute Gasteiger partial charge is 0.478 e. The summed E-state index contributed by atoms with van der Waals surface area (Å²) in [5.74, 6) is 0.0466. The van der Waals surface area contributed by atoms with Crippen LogP contribution in [0.15, 0.2) is 51.8 Å². The van der Waals surface area contributed by atoms with Crippen LogP contribution in [0.25, 0.3) is 22.1 Å². The maximum atomic E-state index is 12.4. The fraction of sp³-hybridized carbons (Fsp3) is 0.481. The molecule has 2 aromatic heterocycles. The van der Waals surface area contributed by atoms with Crippen LogP contribution < -0.4 is 15.1 Å². The molecule has 0 bridgehead atoms. The van der Waals surface area contributed by atoms with Crippen molar-refractivity contribution < 1.29 is 31.8 Å². The Morgan fingerprint density at radius 1 is 0.972 bits per heavy atom. The second kappa shape index (κ2) is 13.3. The fourth-order valence-electron chi connectivity index (χ4n) is 3.61. The first-order valence-corrected chi connectivity index (χ1v) is 12.3. The number of hydrogen-bond donors (Lipinski definition) is 0. The second-order valence-corrected chi connectivity index (χ2v) is 8.64. The van der Waals surface area contributed by atoms with Crippen LogP contribution in [0.5, 0.6) is 11.6 Å². The van der Waals surface area contributed by atoms with Gasteiger partial charge in [-0.1, -0.05) is 44.7 Å². The van der Waals surface area contributed by atoms with Crippen molar-refractivity contribution >= 4 is 11.0 Å². The van der Waals surface area contributed by atoms with E-state index in [1.165, 1.54) is 24.8 Å². The molecule has 1 unspecified atom stereocenters. The maximum absolute atomic E-state index is 12.4. The highest BCUT2D eigenvalue weighted by molar-refractivity contribution is 5.81. The predicted molar refractivity (Wildman–Crippen MR) is 131 cm³/mol. The van der Waals surface area contributed by atoms with E-state index >= 15 is 0 Å². The Balaban J connectivity index is 1.49. The number of aromatic nitrogens is 1. The quantitative estimate of drug-likeness (QED) is 0.213. The minimum Gasteiger partial charge on any atom is -0.478 e. The number of unbranched alkanes of at least 4 members (excludes halogenated alkanes) is 5. The van der Waals surface area contributed by atoms with E-state index in [0.29, 0.717) is 35.1 Å². The third-order valence-electron chi connectivity index (χ3n) is 5.76. The van der Waals surface area contributed by atoms with Gasteiger partial charge in [-0.3, -0.25) is 0 Å². The van der Waals surface area contributed by atoms with Crippen molar-refractivity contribution in [2.45, 2.75) is 71.3 Å². The average molecular weight is 508 g/mol. The molecular formula is C27H32F3NO5. The van der Waals surface area contributed by atoms with Crippen molar-refractivity contribution in [3.8, 4) is 22.8 Å². The lowest BCUT2D eigenvalue weighted by Gasteiger charge is -2.10. The third-order valence-corrected chi connectivity index (χ3v) is 5.76. The van der Waals surface area contributed by atoms with Crippen LogP contribution in [0.4, 0.5) is 13.2 Å². The molecule has 9 heteroatoms. The van der Waals surface area contributed by atoms with Crippen molar-refractivity contribution in [3.63, 3.8) is 0 Å². The lowest BCUT2D eigenvalue weighted by molar-refractivity contribution is -0.274. The monoisotopic (exact) mass is 507 g/mol. The molecule has 1 aromatic carbocycles. The molecule has 3 aromatic rings. The lowest BCUT2D eigenvalue weighted by Crippen LogP contribution is -2.17. The van der Waals surface area contributed by atoms with Crippen LogP contribution in [-0.4, -0.2) is 30.7 Å². The predicted octanol–water partition coefficient (Wildman–Crippen LogP) is 7.29. The summed E-state index contributed by atoms with van der Waals surface area (Å²) in [5, 5.41) is 0.602. The van der Waals surface area contributed by atoms with Gasteiger partial charge in [0.15, 0.2) is 5.58 Å². The molecule has 0 amide bonds. The van der Waals surface area contributed by atoms with E-state index in [-0.39, 0.29) is 11.3 Å². The topological polar surface area (TPSA) is 70.8 Å². The van der Waals surface area contributed by atoms with Gasteiger partial charge in [0, 0.05) is 18.1 Å². The Morgan fingerprint density at radius 2 is 1.64 bits per heavy atom. The SMILES string of the molecule is CCC(C)OCCCCCCCCOc1cc2cc(-c3ccc(OC(F)(F)F)cc3)c(=O)oc2cn1. The second-order valence-electron chi connectivity index (χ2n) is 8.64. The highest BCUT2D eigenvalue weighted by Gasteiger charge is 2.31. The highest BCUT2D eigenvalue weighted by atomic mass is 19.4. The number of rotatable bonds is 14. The van der Waals surface area contributed by atoms with Crippen molar-refractivity contribution in [1.29, 1.82) is 0 Å². The molecule has 0 saturated carbocycles. The number of ether oxygens (including phenoxy) is 3. The van der Waals surface area contributed by atoms with Gasteiger partial charge >= 0.3 is 12.0 Å². The molecule has 0 N–H and O–H groups in total. The molecule has 0 saturated heterocycles. The van der Waals surface area contributed by atoms with Gasteiger partial charge in [-0.15, -0.1) is 13.2 Å². The Kier molecular flexibility index (Phi) is 10.2. The van der Waals surface area contributed by atoms with Crippen LogP contribution in [0.2, 0.25) is 0 Å². The first kappa shape index (κ1) is 27.5. The molecule has 2 heterocycles. The van der Waals surface area contributed by atoms with E-state index in [9.17, 15) is 18.0 Å². The molecule has 0 aliphatic carbocycles. The van der Waals surface area contributed by atoms with Gasteiger partial charge in [0.1, 0.15) is 5.75 Å². The van der Waals surface area contributed by atoms with E-state index in [4.69, 9.17) is 13.9 Å². The molecule has 196 valence electrons. The van der Waals surface area contributed by atoms with Crippen molar-refractivity contribution in [1.82, 2.24) is 4.98 Å². The van der Waals surface area contributed by atoms with Gasteiger partial charge in [-0.05, 0) is 49.9 Å². The summed E-state index contributed by atoms with van der Waals surface area (Å²) in [4.78, 5) is 16.6. The zero-order valence-electron chi connectivity index (χ0n) is 20.6. The Hall–Kier alpha value is -3.07. The van der Waals surface area contributed by atoms with Crippen molar-refractivity contribution in [3.05, 3.63) is 53.0 Å². The molecule has 0 aliphatic rings. The van der Waals surface area contributed by atoms with Crippen molar-refractivity contribution in [2.75, 3.05) is 13.2 Å². The minimum atomic E-state index is -4.78. The number of hydrogen-bond acceptors (Lipinski definition) is 6. The molecule has 0 spiro atoms. The number of alkyl halides is 3. The number of pyridine rings is 1. The molecule has 36 heavy (non-hydrogen) atoms. The van der Waals surface area contributed by atoms with E-state index < -0.39 is 12.0 Å². The number of fused-ring (bicyclic) bond motifs is 1. The van der Waals surface area contributed by atoms with Gasteiger partial charge in [0.2, 0.25) is 5.88 Å². The standard InChI is InChI=1S/C27H32F3NO5/c1-3-19(2)33-14-8-6-4-5-7-9-15-34-25-17-21-16-23(26(32)35-24(21)18-31-25)20-10-12-22(13-11-20)36-27(28,29)30/h10-13,16-19H,3-9,14-15H2,1-2H3. The molecule has 0 aliphatic heterocycles. The minimum absolute atomic E-state index is 0.216. The van der Waals surface area contributed by atoms with Crippen LogP contribution in [0, 0.1) is 0 Å². The summed E-state index contributed by atoms with van der Waals surface area (Å²) in [6.07, 6.45) is 4.55. The largest absolute Gasteiger partial charge is 0.573 e. The maximum Gasteiger partial charge on any atom is 0.573 e. The Bertz CT molecular complexity index is 1140. The fourth-order valence-corrected chi connectivity index (χ4v) is 3.61. The van der Waals surface area contributed by atoms with Gasteiger partial charge in [0.05, 0.1) is 24.5 Å². The zero-order chi connectivity index (χ0) is 26.0. The third kappa shape index (κ3) is 8.86. The summed E-state index contributed by atoms with van der Waals surface area (Å²) < 4.78 is 57.8. The van der Waals surface area contributed by atoms with Gasteiger partial charge in [-0.2, -0.15) is 0 Å². The highest BCUT2D eigenvalue weighted by Crippen LogP contribution is 2.27. The molecule has 1 atom stereocenters. The number of nitrogens with zero attached hydrogens (tertiary/aromatic N) is 1. The molecule has 6 nitrogen and oxygen atoms in total. The average Bonchev–Trinajstić information content (AvgIpc) is 2.84. The lowest BCUT2D eigenvalue weighted by atomic mass is 10.1. The van der Waals surface area contributed by atoms with E-state index in [1.807, 2.05) is 0 Å². The Labute approximate surface area is 208 Å². The first-order valence-electron chi connectivity index (χ1n) is 12.3. The summed E-state index contributed by atoms with van der Waals surface area (Å²) in [7, 11) is 0. The normalized spacial score (nSPS) is 12.6. The molecule has 0 fully saturated rings. The molecule has 0 radical (unpaired) electrons. The van der Waals surface area contributed by atoms with Crippen LogP contribution >= 0.6 is 0 Å². The Morgan fingerprint density at radius 3 is 2.31 bits per heavy atom. The molecular weight excluding hydrogens is 475 g/mol. The van der Waals surface area contributed by atoms with Crippen molar-refractivity contribution in [2.24, 2.45) is 0 Å². The summed E-state index contributed by atoms with van der Waals surface area (Å²) in [6.45, 7) is 5.57. The molecule has 3 rings (SSSR count). The van der Waals surface area contributed by atoms with Crippen LogP contribution in [-0.2, 0) is 4.74 Å². The van der Waals surface area contributed by atoms with Gasteiger partial charge in [0.25, 0.3) is 0 Å². The zero-order valence-corrected chi connectivity index (χ0v) is 20.6.